The summed E-state index contributed by atoms with van der Waals surface area (Å²) in [5.74, 6) is 2.22. The highest BCUT2D eigenvalue weighted by atomic mass is 32.1. The fraction of sp³-hybridized carbons (Fsp3) is 0.278. The quantitative estimate of drug-likeness (QED) is 0.704. The molecule has 0 atom stereocenters. The van der Waals surface area contributed by atoms with Gasteiger partial charge < -0.3 is 14.2 Å². The van der Waals surface area contributed by atoms with Crippen molar-refractivity contribution >= 4 is 17.2 Å². The standard InChI is InChI=1S/C18H17N3O3S/c1-23-14-6-3-2-5-12(14)9-16-19-17(24-20-16)13-10-21(11-13)18(22)15-7-4-8-25-15/h2-8,13H,9-11H2,1H3. The summed E-state index contributed by atoms with van der Waals surface area (Å²) in [5.41, 5.74) is 1.01. The van der Waals surface area contributed by atoms with Gasteiger partial charge in [0, 0.05) is 25.1 Å². The van der Waals surface area contributed by atoms with Crippen LogP contribution in [0.5, 0.6) is 5.75 Å². The van der Waals surface area contributed by atoms with Crippen molar-refractivity contribution < 1.29 is 14.1 Å². The molecule has 1 aliphatic rings. The molecule has 0 spiro atoms. The van der Waals surface area contributed by atoms with Crippen LogP contribution in [0.1, 0.15) is 32.9 Å². The molecule has 2 aromatic heterocycles. The van der Waals surface area contributed by atoms with Gasteiger partial charge in [-0.25, -0.2) is 0 Å². The Morgan fingerprint density at radius 2 is 2.16 bits per heavy atom. The van der Waals surface area contributed by atoms with Crippen molar-refractivity contribution in [2.24, 2.45) is 0 Å². The number of ether oxygens (including phenoxy) is 1. The minimum atomic E-state index is 0.0695. The van der Waals surface area contributed by atoms with Crippen LogP contribution in [0, 0.1) is 0 Å². The van der Waals surface area contributed by atoms with Gasteiger partial charge in [0.05, 0.1) is 17.9 Å². The number of hydrogen-bond acceptors (Lipinski definition) is 6. The number of methoxy groups -OCH3 is 1. The summed E-state index contributed by atoms with van der Waals surface area (Å²) in [4.78, 5) is 19.3. The van der Waals surface area contributed by atoms with E-state index in [9.17, 15) is 4.79 Å². The van der Waals surface area contributed by atoms with E-state index >= 15 is 0 Å². The van der Waals surface area contributed by atoms with E-state index in [1.165, 1.54) is 11.3 Å². The summed E-state index contributed by atoms with van der Waals surface area (Å²) >= 11 is 1.46. The van der Waals surface area contributed by atoms with Crippen LogP contribution in [0.4, 0.5) is 0 Å². The smallest absolute Gasteiger partial charge is 0.263 e. The second-order valence-corrected chi connectivity index (χ2v) is 6.87. The summed E-state index contributed by atoms with van der Waals surface area (Å²) in [6.07, 6.45) is 0.554. The van der Waals surface area contributed by atoms with Gasteiger partial charge in [0.2, 0.25) is 5.89 Å². The Morgan fingerprint density at radius 1 is 1.32 bits per heavy atom. The maximum atomic E-state index is 12.2. The predicted octanol–water partition coefficient (Wildman–Crippen LogP) is 2.97. The molecule has 3 aromatic rings. The number of hydrogen-bond donors (Lipinski definition) is 0. The number of rotatable bonds is 5. The van der Waals surface area contributed by atoms with E-state index in [-0.39, 0.29) is 11.8 Å². The number of carbonyl (C=O) groups excluding carboxylic acids is 1. The number of likely N-dealkylation sites (tertiary alicyclic amines) is 1. The summed E-state index contributed by atoms with van der Waals surface area (Å²) in [5, 5.41) is 5.98. The molecular weight excluding hydrogens is 338 g/mol. The molecule has 1 saturated heterocycles. The summed E-state index contributed by atoms with van der Waals surface area (Å²) < 4.78 is 10.7. The highest BCUT2D eigenvalue weighted by molar-refractivity contribution is 7.12. The second kappa shape index (κ2) is 6.68. The van der Waals surface area contributed by atoms with Gasteiger partial charge in [-0.1, -0.05) is 29.4 Å². The Bertz CT molecular complexity index is 869. The molecular formula is C18H17N3O3S. The lowest BCUT2D eigenvalue weighted by Gasteiger charge is -2.36. The number of aromatic nitrogens is 2. The van der Waals surface area contributed by atoms with Crippen LogP contribution in [0.2, 0.25) is 0 Å². The van der Waals surface area contributed by atoms with Crippen LogP contribution < -0.4 is 4.74 Å². The average Bonchev–Trinajstić information content (AvgIpc) is 3.26. The van der Waals surface area contributed by atoms with Crippen molar-refractivity contribution in [3.8, 4) is 5.75 Å². The molecule has 0 N–H and O–H groups in total. The zero-order valence-corrected chi connectivity index (χ0v) is 14.5. The van der Waals surface area contributed by atoms with Crippen molar-refractivity contribution in [2.45, 2.75) is 12.3 Å². The summed E-state index contributed by atoms with van der Waals surface area (Å²) in [6.45, 7) is 1.24. The van der Waals surface area contributed by atoms with Crippen LogP contribution >= 0.6 is 11.3 Å². The molecule has 4 rings (SSSR count). The van der Waals surface area contributed by atoms with Crippen LogP contribution in [-0.4, -0.2) is 41.1 Å². The summed E-state index contributed by atoms with van der Waals surface area (Å²) in [6, 6.07) is 11.5. The molecule has 1 amide bonds. The highest BCUT2D eigenvalue weighted by Gasteiger charge is 2.36. The molecule has 0 radical (unpaired) electrons. The van der Waals surface area contributed by atoms with Gasteiger partial charge in [0.25, 0.3) is 5.91 Å². The minimum Gasteiger partial charge on any atom is -0.496 e. The number of benzene rings is 1. The third kappa shape index (κ3) is 3.15. The van der Waals surface area contributed by atoms with E-state index in [2.05, 4.69) is 10.1 Å². The molecule has 0 aliphatic carbocycles. The van der Waals surface area contributed by atoms with E-state index in [1.807, 2.05) is 41.8 Å². The van der Waals surface area contributed by atoms with Crippen molar-refractivity contribution in [3.63, 3.8) is 0 Å². The molecule has 6 nitrogen and oxygen atoms in total. The average molecular weight is 355 g/mol. The van der Waals surface area contributed by atoms with Crippen LogP contribution in [-0.2, 0) is 6.42 Å². The van der Waals surface area contributed by atoms with Crippen LogP contribution in [0.15, 0.2) is 46.3 Å². The highest BCUT2D eigenvalue weighted by Crippen LogP contribution is 2.28. The van der Waals surface area contributed by atoms with E-state index in [0.717, 1.165) is 16.2 Å². The van der Waals surface area contributed by atoms with E-state index < -0.39 is 0 Å². The van der Waals surface area contributed by atoms with Gasteiger partial charge in [-0.15, -0.1) is 11.3 Å². The molecule has 3 heterocycles. The largest absolute Gasteiger partial charge is 0.496 e. The summed E-state index contributed by atoms with van der Waals surface area (Å²) in [7, 11) is 1.65. The van der Waals surface area contributed by atoms with E-state index in [1.54, 1.807) is 12.0 Å². The number of amides is 1. The second-order valence-electron chi connectivity index (χ2n) is 5.92. The SMILES string of the molecule is COc1ccccc1Cc1noc(C2CN(C(=O)c3cccs3)C2)n1. The minimum absolute atomic E-state index is 0.0695. The Morgan fingerprint density at radius 3 is 2.92 bits per heavy atom. The normalized spacial score (nSPS) is 14.4. The molecule has 25 heavy (non-hydrogen) atoms. The number of carbonyl (C=O) groups is 1. The van der Waals surface area contributed by atoms with Crippen LogP contribution in [0.3, 0.4) is 0 Å². The molecule has 1 aromatic carbocycles. The molecule has 128 valence electrons. The van der Waals surface area contributed by atoms with Crippen molar-refractivity contribution in [2.75, 3.05) is 20.2 Å². The molecule has 1 aliphatic heterocycles. The first-order chi connectivity index (χ1) is 12.2. The van der Waals surface area contributed by atoms with Gasteiger partial charge in [-0.3, -0.25) is 4.79 Å². The Balaban J connectivity index is 1.39. The first-order valence-corrected chi connectivity index (χ1v) is 8.89. The number of para-hydroxylation sites is 1. The molecule has 0 unspecified atom stereocenters. The zero-order chi connectivity index (χ0) is 17.2. The molecule has 0 saturated carbocycles. The van der Waals surface area contributed by atoms with Crippen LogP contribution in [0.25, 0.3) is 0 Å². The topological polar surface area (TPSA) is 68.5 Å². The number of nitrogens with zero attached hydrogens (tertiary/aromatic N) is 3. The fourth-order valence-electron chi connectivity index (χ4n) is 2.88. The van der Waals surface area contributed by atoms with Crippen molar-refractivity contribution in [3.05, 3.63) is 63.9 Å². The zero-order valence-electron chi connectivity index (χ0n) is 13.7. The maximum Gasteiger partial charge on any atom is 0.263 e. The van der Waals surface area contributed by atoms with E-state index in [0.29, 0.717) is 31.2 Å². The Kier molecular flexibility index (Phi) is 4.23. The van der Waals surface area contributed by atoms with Gasteiger partial charge in [0.15, 0.2) is 5.82 Å². The third-order valence-corrected chi connectivity index (χ3v) is 5.13. The van der Waals surface area contributed by atoms with Crippen molar-refractivity contribution in [1.29, 1.82) is 0 Å². The van der Waals surface area contributed by atoms with E-state index in [4.69, 9.17) is 9.26 Å². The molecule has 1 fully saturated rings. The monoisotopic (exact) mass is 355 g/mol. The lowest BCUT2D eigenvalue weighted by Crippen LogP contribution is -2.48. The van der Waals surface area contributed by atoms with Crippen molar-refractivity contribution in [1.82, 2.24) is 15.0 Å². The molecule has 0 bridgehead atoms. The van der Waals surface area contributed by atoms with Gasteiger partial charge in [-0.05, 0) is 17.5 Å². The first kappa shape index (κ1) is 15.8. The number of thiophene rings is 1. The third-order valence-electron chi connectivity index (χ3n) is 4.27. The Hall–Kier alpha value is -2.67. The van der Waals surface area contributed by atoms with Gasteiger partial charge in [-0.2, -0.15) is 4.98 Å². The molecule has 7 heteroatoms. The lowest BCUT2D eigenvalue weighted by atomic mass is 10.00. The lowest BCUT2D eigenvalue weighted by molar-refractivity contribution is 0.0574. The first-order valence-electron chi connectivity index (χ1n) is 8.01. The van der Waals surface area contributed by atoms with Gasteiger partial charge in [0.1, 0.15) is 5.75 Å². The predicted molar refractivity (Wildman–Crippen MR) is 93.1 cm³/mol. The van der Waals surface area contributed by atoms with Gasteiger partial charge >= 0.3 is 0 Å². The fourth-order valence-corrected chi connectivity index (χ4v) is 3.57. The Labute approximate surface area is 149 Å². The maximum absolute atomic E-state index is 12.2.